The molecule has 0 aliphatic carbocycles. The van der Waals surface area contributed by atoms with Crippen molar-refractivity contribution in [2.75, 3.05) is 6.54 Å². The summed E-state index contributed by atoms with van der Waals surface area (Å²) in [5.74, 6) is -0.738. The maximum atomic E-state index is 9.83. The van der Waals surface area contributed by atoms with Crippen molar-refractivity contribution in [3.63, 3.8) is 0 Å². The van der Waals surface area contributed by atoms with Gasteiger partial charge < -0.3 is 10.8 Å². The van der Waals surface area contributed by atoms with E-state index in [1.807, 2.05) is 0 Å². The zero-order valence-electron chi connectivity index (χ0n) is 4.76. The van der Waals surface area contributed by atoms with E-state index in [0.717, 1.165) is 6.42 Å². The molecule has 0 saturated heterocycles. The molecule has 0 spiro atoms. The van der Waals surface area contributed by atoms with E-state index in [-0.39, 0.29) is 13.8 Å². The Bertz CT molecular complexity index is 73.5. The quantitative estimate of drug-likeness (QED) is 0.558. The third-order valence-corrected chi connectivity index (χ3v) is 0.845. The van der Waals surface area contributed by atoms with Crippen molar-refractivity contribution in [1.82, 2.24) is 0 Å². The van der Waals surface area contributed by atoms with Gasteiger partial charge in [0.2, 0.25) is 0 Å². The summed E-state index contributed by atoms with van der Waals surface area (Å²) in [5.41, 5.74) is 5.12. The lowest BCUT2D eigenvalue weighted by Gasteiger charge is -1.90. The number of aliphatic carboxylic acids is 1. The molecule has 56 valence electrons. The number of nitrogens with two attached hydrogens (primary N) is 1. The highest BCUT2D eigenvalue weighted by atomic mass is 16.4. The monoisotopic (exact) mass is 133 g/mol. The molecular weight excluding hydrogens is 118 g/mol. The molecule has 0 heterocycles. The van der Waals surface area contributed by atoms with Crippen LogP contribution in [0.15, 0.2) is 0 Å². The van der Waals surface area contributed by atoms with Gasteiger partial charge in [0.25, 0.3) is 0 Å². The summed E-state index contributed by atoms with van der Waals surface area (Å²) in [4.78, 5) is 9.83. The zero-order chi connectivity index (χ0) is 6.41. The molecule has 0 saturated carbocycles. The fourth-order valence-electron chi connectivity index (χ4n) is 0.421. The van der Waals surface area contributed by atoms with E-state index in [1.54, 1.807) is 0 Å². The number of rotatable bonds is 4. The summed E-state index contributed by atoms with van der Waals surface area (Å²) >= 11 is 0. The summed E-state index contributed by atoms with van der Waals surface area (Å²) in [6.07, 6.45) is 1.76. The fourth-order valence-corrected chi connectivity index (χ4v) is 0.421. The first-order valence-electron chi connectivity index (χ1n) is 2.69. The molecule has 0 amide bonds. The first kappa shape index (κ1) is 11.3. The summed E-state index contributed by atoms with van der Waals surface area (Å²) in [5, 5.41) is 8.10. The Morgan fingerprint density at radius 3 is 2.33 bits per heavy atom. The van der Waals surface area contributed by atoms with Crippen LogP contribution < -0.4 is 5.73 Å². The van der Waals surface area contributed by atoms with Crippen LogP contribution in [0, 0.1) is 0 Å². The smallest absolute Gasteiger partial charge is 0.303 e. The van der Waals surface area contributed by atoms with Crippen molar-refractivity contribution in [2.45, 2.75) is 26.7 Å². The molecule has 0 aliphatic rings. The largest absolute Gasteiger partial charge is 0.481 e. The zero-order valence-corrected chi connectivity index (χ0v) is 4.76. The first-order valence-corrected chi connectivity index (χ1v) is 2.69. The molecule has 3 heteroatoms. The van der Waals surface area contributed by atoms with E-state index in [2.05, 4.69) is 0 Å². The third kappa shape index (κ3) is 11.2. The molecule has 0 bridgehead atoms. The lowest BCUT2D eigenvalue weighted by atomic mass is 10.2. The molecule has 0 atom stereocenters. The molecule has 0 unspecified atom stereocenters. The SMILES string of the molecule is C.NCCCCC(=O)O. The van der Waals surface area contributed by atoms with Gasteiger partial charge in [-0.25, -0.2) is 0 Å². The van der Waals surface area contributed by atoms with Crippen molar-refractivity contribution in [2.24, 2.45) is 5.73 Å². The molecular formula is C6H15NO2. The van der Waals surface area contributed by atoms with E-state index in [4.69, 9.17) is 10.8 Å². The number of carbonyl (C=O) groups is 1. The number of hydrogen-bond acceptors (Lipinski definition) is 2. The van der Waals surface area contributed by atoms with Crippen molar-refractivity contribution >= 4 is 5.97 Å². The van der Waals surface area contributed by atoms with Crippen LogP contribution in [0.25, 0.3) is 0 Å². The van der Waals surface area contributed by atoms with Crippen LogP contribution >= 0.6 is 0 Å². The van der Waals surface area contributed by atoms with Gasteiger partial charge in [0, 0.05) is 6.42 Å². The maximum absolute atomic E-state index is 9.83. The number of unbranched alkanes of at least 4 members (excludes halogenated alkanes) is 1. The Morgan fingerprint density at radius 1 is 1.44 bits per heavy atom. The van der Waals surface area contributed by atoms with E-state index < -0.39 is 5.97 Å². The van der Waals surface area contributed by atoms with Crippen LogP contribution in [0.1, 0.15) is 26.7 Å². The Kier molecular flexibility index (Phi) is 9.29. The third-order valence-electron chi connectivity index (χ3n) is 0.845. The summed E-state index contributed by atoms with van der Waals surface area (Å²) in [6.45, 7) is 0.591. The van der Waals surface area contributed by atoms with Gasteiger partial charge in [0.05, 0.1) is 0 Å². The molecule has 0 rings (SSSR count). The van der Waals surface area contributed by atoms with Gasteiger partial charge in [0.15, 0.2) is 0 Å². The lowest BCUT2D eigenvalue weighted by molar-refractivity contribution is -0.137. The van der Waals surface area contributed by atoms with Gasteiger partial charge in [0.1, 0.15) is 0 Å². The van der Waals surface area contributed by atoms with Crippen molar-refractivity contribution in [3.8, 4) is 0 Å². The van der Waals surface area contributed by atoms with Gasteiger partial charge in [-0.1, -0.05) is 7.43 Å². The predicted molar refractivity (Wildman–Crippen MR) is 37.3 cm³/mol. The van der Waals surface area contributed by atoms with Gasteiger partial charge in [-0.2, -0.15) is 0 Å². The van der Waals surface area contributed by atoms with Gasteiger partial charge in [-0.3, -0.25) is 4.79 Å². The highest BCUT2D eigenvalue weighted by Crippen LogP contribution is 1.91. The van der Waals surface area contributed by atoms with Crippen LogP contribution in [0.2, 0.25) is 0 Å². The molecule has 0 aromatic rings. The molecule has 9 heavy (non-hydrogen) atoms. The van der Waals surface area contributed by atoms with Crippen LogP contribution in [0.5, 0.6) is 0 Å². The topological polar surface area (TPSA) is 63.3 Å². The van der Waals surface area contributed by atoms with E-state index in [9.17, 15) is 4.79 Å². The minimum atomic E-state index is -0.738. The average Bonchev–Trinajstić information content (AvgIpc) is 1.66. The number of carboxylic acids is 1. The van der Waals surface area contributed by atoms with Crippen LogP contribution in [-0.2, 0) is 4.79 Å². The molecule has 3 nitrogen and oxygen atoms in total. The normalized spacial score (nSPS) is 8.11. The van der Waals surface area contributed by atoms with Crippen LogP contribution in [-0.4, -0.2) is 17.6 Å². The van der Waals surface area contributed by atoms with Crippen molar-refractivity contribution < 1.29 is 9.90 Å². The second-order valence-electron chi connectivity index (χ2n) is 1.64. The predicted octanol–water partition coefficient (Wildman–Crippen LogP) is 0.836. The van der Waals surface area contributed by atoms with Gasteiger partial charge in [-0.15, -0.1) is 0 Å². The highest BCUT2D eigenvalue weighted by Gasteiger charge is 1.92. The Labute approximate surface area is 55.9 Å². The van der Waals surface area contributed by atoms with E-state index in [0.29, 0.717) is 13.0 Å². The Balaban J connectivity index is 0. The standard InChI is InChI=1S/C5H11NO2.CH4/c6-4-2-1-3-5(7)8;/h1-4,6H2,(H,7,8);1H4. The van der Waals surface area contributed by atoms with Crippen LogP contribution in [0.3, 0.4) is 0 Å². The fraction of sp³-hybridized carbons (Fsp3) is 0.833. The number of hydrogen-bond donors (Lipinski definition) is 2. The summed E-state index contributed by atoms with van der Waals surface area (Å²) in [6, 6.07) is 0. The lowest BCUT2D eigenvalue weighted by Crippen LogP contribution is -2.00. The van der Waals surface area contributed by atoms with Crippen LogP contribution in [0.4, 0.5) is 0 Å². The molecule has 0 aromatic carbocycles. The molecule has 0 fully saturated rings. The van der Waals surface area contributed by atoms with E-state index in [1.165, 1.54) is 0 Å². The van der Waals surface area contributed by atoms with Gasteiger partial charge >= 0.3 is 5.97 Å². The maximum Gasteiger partial charge on any atom is 0.303 e. The van der Waals surface area contributed by atoms with Crippen molar-refractivity contribution in [1.29, 1.82) is 0 Å². The second-order valence-corrected chi connectivity index (χ2v) is 1.64. The molecule has 0 aromatic heterocycles. The highest BCUT2D eigenvalue weighted by molar-refractivity contribution is 5.66. The molecule has 0 radical (unpaired) electrons. The minimum Gasteiger partial charge on any atom is -0.481 e. The van der Waals surface area contributed by atoms with E-state index >= 15 is 0 Å². The van der Waals surface area contributed by atoms with Gasteiger partial charge in [-0.05, 0) is 19.4 Å². The first-order chi connectivity index (χ1) is 3.77. The second kappa shape index (κ2) is 7.43. The Hall–Kier alpha value is -0.570. The Morgan fingerprint density at radius 2 is 2.00 bits per heavy atom. The van der Waals surface area contributed by atoms with Crippen molar-refractivity contribution in [3.05, 3.63) is 0 Å². The molecule has 0 aliphatic heterocycles. The molecule has 3 N–H and O–H groups in total. The number of carboxylic acid groups (broad SMARTS) is 1. The average molecular weight is 133 g/mol. The summed E-state index contributed by atoms with van der Waals surface area (Å²) < 4.78 is 0. The summed E-state index contributed by atoms with van der Waals surface area (Å²) in [7, 11) is 0. The minimum absolute atomic E-state index is 0.